The molecule has 2 heterocycles. The molecule has 0 saturated heterocycles. The van der Waals surface area contributed by atoms with Crippen molar-refractivity contribution in [3.8, 4) is 5.69 Å². The Bertz CT molecular complexity index is 753. The number of rotatable bonds is 4. The normalized spacial score (nSPS) is 13.0. The van der Waals surface area contributed by atoms with E-state index in [-0.39, 0.29) is 11.5 Å². The van der Waals surface area contributed by atoms with E-state index in [0.29, 0.717) is 0 Å². The van der Waals surface area contributed by atoms with Gasteiger partial charge in [0, 0.05) is 29.3 Å². The molecule has 0 aliphatic heterocycles. The van der Waals surface area contributed by atoms with Gasteiger partial charge in [0.05, 0.1) is 11.7 Å². The van der Waals surface area contributed by atoms with Crippen LogP contribution in [0.3, 0.4) is 0 Å². The molecule has 0 radical (unpaired) electrons. The van der Waals surface area contributed by atoms with Crippen LogP contribution < -0.4 is 5.32 Å². The minimum Gasteiger partial charge on any atom is -0.354 e. The predicted molar refractivity (Wildman–Crippen MR) is 94.2 cm³/mol. The lowest BCUT2D eigenvalue weighted by Crippen LogP contribution is -2.13. The monoisotopic (exact) mass is 327 g/mol. The second-order valence-electron chi connectivity index (χ2n) is 6.58. The molecule has 0 saturated carbocycles. The van der Waals surface area contributed by atoms with E-state index >= 15 is 0 Å². The summed E-state index contributed by atoms with van der Waals surface area (Å²) in [5.41, 5.74) is 2.23. The first-order valence-corrected chi connectivity index (χ1v) is 8.41. The molecule has 0 spiro atoms. The molecule has 6 heteroatoms. The van der Waals surface area contributed by atoms with Crippen LogP contribution in [0.1, 0.15) is 45.1 Å². The number of benzene rings is 1. The molecular weight excluding hydrogens is 306 g/mol. The van der Waals surface area contributed by atoms with E-state index in [1.165, 1.54) is 17.1 Å². The molecule has 3 rings (SSSR count). The Hall–Kier alpha value is -2.21. The maximum absolute atomic E-state index is 4.59. The highest BCUT2D eigenvalue weighted by atomic mass is 32.1. The maximum atomic E-state index is 4.59. The van der Waals surface area contributed by atoms with E-state index in [9.17, 15) is 0 Å². The number of aromatic nitrogens is 4. The van der Waals surface area contributed by atoms with Gasteiger partial charge in [-0.05, 0) is 30.7 Å². The molecule has 3 aromatic rings. The van der Waals surface area contributed by atoms with Gasteiger partial charge in [0.2, 0.25) is 5.13 Å². The summed E-state index contributed by atoms with van der Waals surface area (Å²) in [6, 6.07) is 10.5. The van der Waals surface area contributed by atoms with Gasteiger partial charge >= 0.3 is 0 Å². The summed E-state index contributed by atoms with van der Waals surface area (Å²) in [4.78, 5) is 4.59. The summed E-state index contributed by atoms with van der Waals surface area (Å²) in [5.74, 6) is 0.881. The summed E-state index contributed by atoms with van der Waals surface area (Å²) in [5, 5.41) is 8.53. The Balaban J connectivity index is 1.71. The zero-order chi connectivity index (χ0) is 16.4. The third-order valence-corrected chi connectivity index (χ3v) is 4.25. The van der Waals surface area contributed by atoms with Gasteiger partial charge in [0.15, 0.2) is 0 Å². The summed E-state index contributed by atoms with van der Waals surface area (Å²) in [6.07, 6.45) is 3.71. The largest absolute Gasteiger partial charge is 0.354 e. The molecule has 0 bridgehead atoms. The van der Waals surface area contributed by atoms with Crippen molar-refractivity contribution in [2.24, 2.45) is 0 Å². The maximum Gasteiger partial charge on any atom is 0.203 e. The number of nitrogens with one attached hydrogen (secondary N) is 1. The van der Waals surface area contributed by atoms with Gasteiger partial charge in [-0.1, -0.05) is 32.9 Å². The van der Waals surface area contributed by atoms with Gasteiger partial charge < -0.3 is 5.32 Å². The fourth-order valence-corrected chi connectivity index (χ4v) is 3.04. The molecule has 0 aliphatic carbocycles. The van der Waals surface area contributed by atoms with Crippen LogP contribution >= 0.6 is 11.5 Å². The molecule has 0 fully saturated rings. The van der Waals surface area contributed by atoms with Gasteiger partial charge in [-0.25, -0.2) is 9.67 Å². The zero-order valence-electron chi connectivity index (χ0n) is 13.8. The molecule has 5 nitrogen and oxygen atoms in total. The molecule has 1 atom stereocenters. The Kier molecular flexibility index (Phi) is 4.17. The van der Waals surface area contributed by atoms with Gasteiger partial charge in [0.25, 0.3) is 0 Å². The summed E-state index contributed by atoms with van der Waals surface area (Å²) >= 11 is 1.41. The fraction of sp³-hybridized carbons (Fsp3) is 0.353. The number of hydrogen-bond acceptors (Lipinski definition) is 5. The van der Waals surface area contributed by atoms with Gasteiger partial charge in [-0.15, -0.1) is 0 Å². The average molecular weight is 327 g/mol. The minimum atomic E-state index is -0.0227. The van der Waals surface area contributed by atoms with Crippen molar-refractivity contribution in [2.45, 2.75) is 39.2 Å². The van der Waals surface area contributed by atoms with Crippen LogP contribution in [0.25, 0.3) is 5.69 Å². The Labute approximate surface area is 140 Å². The first-order valence-electron chi connectivity index (χ1n) is 7.64. The second-order valence-corrected chi connectivity index (χ2v) is 7.33. The lowest BCUT2D eigenvalue weighted by molar-refractivity contribution is 0.555. The highest BCUT2D eigenvalue weighted by molar-refractivity contribution is 7.09. The SMILES string of the molecule is CC(Nc1nc(C(C)(C)C)ns1)c1ccc(-n2cccn2)cc1. The van der Waals surface area contributed by atoms with Crippen LogP contribution in [0.2, 0.25) is 0 Å². The Morgan fingerprint density at radius 1 is 1.17 bits per heavy atom. The third kappa shape index (κ3) is 3.59. The highest BCUT2D eigenvalue weighted by Crippen LogP contribution is 2.26. The number of anilines is 1. The second kappa shape index (κ2) is 6.12. The quantitative estimate of drug-likeness (QED) is 0.780. The smallest absolute Gasteiger partial charge is 0.203 e. The first-order chi connectivity index (χ1) is 10.9. The molecule has 0 aliphatic rings. The Morgan fingerprint density at radius 3 is 2.48 bits per heavy atom. The standard InChI is InChI=1S/C17H21N5S/c1-12(19-16-20-15(21-23-16)17(2,3)4)13-6-8-14(9-7-13)22-11-5-10-18-22/h5-12H,1-4H3,(H,19,20,21). The van der Waals surface area contributed by atoms with Crippen molar-refractivity contribution < 1.29 is 0 Å². The van der Waals surface area contributed by atoms with Crippen molar-refractivity contribution in [3.63, 3.8) is 0 Å². The topological polar surface area (TPSA) is 55.6 Å². The molecule has 120 valence electrons. The number of hydrogen-bond donors (Lipinski definition) is 1. The van der Waals surface area contributed by atoms with E-state index in [2.05, 4.69) is 71.7 Å². The zero-order valence-corrected chi connectivity index (χ0v) is 14.6. The van der Waals surface area contributed by atoms with Crippen molar-refractivity contribution in [2.75, 3.05) is 5.32 Å². The minimum absolute atomic E-state index is 0.0227. The molecule has 1 unspecified atom stereocenters. The van der Waals surface area contributed by atoms with Gasteiger partial charge in [0.1, 0.15) is 5.82 Å². The van der Waals surface area contributed by atoms with E-state index in [4.69, 9.17) is 0 Å². The van der Waals surface area contributed by atoms with E-state index < -0.39 is 0 Å². The van der Waals surface area contributed by atoms with Gasteiger partial charge in [-0.3, -0.25) is 0 Å². The van der Waals surface area contributed by atoms with Crippen molar-refractivity contribution in [1.29, 1.82) is 0 Å². The summed E-state index contributed by atoms with van der Waals surface area (Å²) < 4.78 is 6.29. The van der Waals surface area contributed by atoms with Crippen LogP contribution in [-0.2, 0) is 5.41 Å². The molecular formula is C17H21N5S. The average Bonchev–Trinajstić information content (AvgIpc) is 3.18. The molecule has 1 aromatic carbocycles. The molecule has 2 aromatic heterocycles. The van der Waals surface area contributed by atoms with Crippen molar-refractivity contribution >= 4 is 16.7 Å². The lowest BCUT2D eigenvalue weighted by Gasteiger charge is -2.14. The summed E-state index contributed by atoms with van der Waals surface area (Å²) in [6.45, 7) is 8.49. The van der Waals surface area contributed by atoms with Crippen LogP contribution in [0.5, 0.6) is 0 Å². The highest BCUT2D eigenvalue weighted by Gasteiger charge is 2.20. The molecule has 0 amide bonds. The third-order valence-electron chi connectivity index (χ3n) is 3.60. The lowest BCUT2D eigenvalue weighted by atomic mass is 9.96. The van der Waals surface area contributed by atoms with Crippen molar-refractivity contribution in [1.82, 2.24) is 19.1 Å². The van der Waals surface area contributed by atoms with Gasteiger partial charge in [-0.2, -0.15) is 9.47 Å². The number of nitrogens with zero attached hydrogens (tertiary/aromatic N) is 4. The van der Waals surface area contributed by atoms with Crippen LogP contribution in [0.15, 0.2) is 42.7 Å². The first kappa shape index (κ1) is 15.7. The van der Waals surface area contributed by atoms with E-state index in [0.717, 1.165) is 16.6 Å². The summed E-state index contributed by atoms with van der Waals surface area (Å²) in [7, 11) is 0. The van der Waals surface area contributed by atoms with Crippen LogP contribution in [-0.4, -0.2) is 19.1 Å². The van der Waals surface area contributed by atoms with Crippen LogP contribution in [0, 0.1) is 0 Å². The molecule has 1 N–H and O–H groups in total. The van der Waals surface area contributed by atoms with Crippen LogP contribution in [0.4, 0.5) is 5.13 Å². The molecule has 23 heavy (non-hydrogen) atoms. The fourth-order valence-electron chi connectivity index (χ4n) is 2.19. The van der Waals surface area contributed by atoms with E-state index in [1.807, 2.05) is 16.9 Å². The van der Waals surface area contributed by atoms with E-state index in [1.54, 1.807) is 6.20 Å². The van der Waals surface area contributed by atoms with Crippen molar-refractivity contribution in [3.05, 3.63) is 54.1 Å². The predicted octanol–water partition coefficient (Wildman–Crippen LogP) is 4.19. The Morgan fingerprint density at radius 2 is 1.91 bits per heavy atom.